The molecule has 2 heterocycles. The van der Waals surface area contributed by atoms with Gasteiger partial charge in [-0.05, 0) is 55.3 Å². The van der Waals surface area contributed by atoms with E-state index in [1.165, 1.54) is 49.1 Å². The zero-order valence-corrected chi connectivity index (χ0v) is 13.2. The van der Waals surface area contributed by atoms with Crippen molar-refractivity contribution in [2.24, 2.45) is 5.41 Å². The predicted molar refractivity (Wildman–Crippen MR) is 89.5 cm³/mol. The summed E-state index contributed by atoms with van der Waals surface area (Å²) in [5, 5.41) is 9.32. The molecule has 0 amide bonds. The van der Waals surface area contributed by atoms with Gasteiger partial charge < -0.3 is 10.1 Å². The third-order valence-electron chi connectivity index (χ3n) is 5.51. The van der Waals surface area contributed by atoms with Crippen molar-refractivity contribution >= 4 is 0 Å². The molecule has 2 N–H and O–H groups in total. The van der Waals surface area contributed by atoms with Crippen LogP contribution in [-0.4, -0.2) is 28.1 Å². The van der Waals surface area contributed by atoms with E-state index >= 15 is 0 Å². The molecule has 0 unspecified atom stereocenters. The number of rotatable bonds is 2. The minimum Gasteiger partial charge on any atom is -0.503 e. The zero-order valence-electron chi connectivity index (χ0n) is 13.2. The van der Waals surface area contributed by atoms with E-state index in [9.17, 15) is 9.90 Å². The Morgan fingerprint density at radius 3 is 2.39 bits per heavy atom. The second kappa shape index (κ2) is 5.53. The van der Waals surface area contributed by atoms with Gasteiger partial charge in [-0.2, -0.15) is 0 Å². The zero-order chi connectivity index (χ0) is 15.9. The summed E-state index contributed by atoms with van der Waals surface area (Å²) in [6.07, 6.45) is 6.24. The van der Waals surface area contributed by atoms with Crippen molar-refractivity contribution in [2.75, 3.05) is 13.1 Å². The first kappa shape index (κ1) is 14.5. The van der Waals surface area contributed by atoms with Crippen molar-refractivity contribution in [3.63, 3.8) is 0 Å². The third kappa shape index (κ3) is 2.79. The largest absolute Gasteiger partial charge is 0.503 e. The molecule has 1 spiro atoms. The molecular weight excluding hydrogens is 288 g/mol. The van der Waals surface area contributed by atoms with Gasteiger partial charge in [0, 0.05) is 24.5 Å². The summed E-state index contributed by atoms with van der Waals surface area (Å²) in [5.41, 5.74) is 4.08. The lowest BCUT2D eigenvalue weighted by Crippen LogP contribution is -2.40. The maximum Gasteiger partial charge on any atom is 0.223 e. The van der Waals surface area contributed by atoms with Gasteiger partial charge in [0.25, 0.3) is 0 Å². The van der Waals surface area contributed by atoms with E-state index in [2.05, 4.69) is 34.1 Å². The average Bonchev–Trinajstić information content (AvgIpc) is 2.91. The number of likely N-dealkylation sites (tertiary alicyclic amines) is 1. The molecular formula is C19H22N2O2. The smallest absolute Gasteiger partial charge is 0.223 e. The highest BCUT2D eigenvalue weighted by atomic mass is 16.3. The Morgan fingerprint density at radius 1 is 1.13 bits per heavy atom. The van der Waals surface area contributed by atoms with Gasteiger partial charge in [-0.1, -0.05) is 24.3 Å². The highest BCUT2D eigenvalue weighted by Gasteiger charge is 2.39. The normalized spacial score (nSPS) is 19.8. The quantitative estimate of drug-likeness (QED) is 0.896. The molecule has 0 bridgehead atoms. The Labute approximate surface area is 135 Å². The monoisotopic (exact) mass is 310 g/mol. The van der Waals surface area contributed by atoms with E-state index in [0.29, 0.717) is 5.41 Å². The van der Waals surface area contributed by atoms with Crippen molar-refractivity contribution in [1.82, 2.24) is 9.88 Å². The molecule has 4 rings (SSSR count). The topological polar surface area (TPSA) is 56.3 Å². The lowest BCUT2D eigenvalue weighted by molar-refractivity contribution is 0.105. The summed E-state index contributed by atoms with van der Waals surface area (Å²) < 4.78 is 0. The molecule has 0 saturated carbocycles. The molecule has 1 aliphatic heterocycles. The molecule has 1 aromatic carbocycles. The number of aromatic amines is 1. The van der Waals surface area contributed by atoms with E-state index in [0.717, 1.165) is 25.3 Å². The first-order chi connectivity index (χ1) is 11.1. The van der Waals surface area contributed by atoms with Crippen LogP contribution >= 0.6 is 0 Å². The molecule has 0 atom stereocenters. The van der Waals surface area contributed by atoms with Crippen molar-refractivity contribution < 1.29 is 5.11 Å². The molecule has 1 saturated heterocycles. The van der Waals surface area contributed by atoms with Crippen LogP contribution in [0.15, 0.2) is 41.3 Å². The van der Waals surface area contributed by atoms with Gasteiger partial charge in [0.1, 0.15) is 0 Å². The Bertz CT molecular complexity index is 746. The minimum absolute atomic E-state index is 0.213. The minimum atomic E-state index is -0.307. The lowest BCUT2D eigenvalue weighted by Gasteiger charge is -2.39. The molecule has 2 aliphatic rings. The highest BCUT2D eigenvalue weighted by molar-refractivity contribution is 5.34. The van der Waals surface area contributed by atoms with Gasteiger partial charge in [0.05, 0.1) is 0 Å². The van der Waals surface area contributed by atoms with Crippen LogP contribution in [0.5, 0.6) is 5.75 Å². The van der Waals surface area contributed by atoms with Gasteiger partial charge in [0.2, 0.25) is 5.43 Å². The molecule has 1 aromatic heterocycles. The second-order valence-electron chi connectivity index (χ2n) is 7.11. The maximum absolute atomic E-state index is 11.5. The fourth-order valence-corrected chi connectivity index (χ4v) is 4.15. The van der Waals surface area contributed by atoms with Crippen LogP contribution in [0.25, 0.3) is 0 Å². The van der Waals surface area contributed by atoms with Gasteiger partial charge >= 0.3 is 0 Å². The number of aromatic nitrogens is 1. The lowest BCUT2D eigenvalue weighted by atomic mass is 9.76. The van der Waals surface area contributed by atoms with E-state index in [1.807, 2.05) is 0 Å². The first-order valence-corrected chi connectivity index (χ1v) is 8.33. The predicted octanol–water partition coefficient (Wildman–Crippen LogP) is 2.46. The number of hydrogen-bond donors (Lipinski definition) is 2. The second-order valence-corrected chi connectivity index (χ2v) is 7.11. The van der Waals surface area contributed by atoms with Gasteiger partial charge in [-0.3, -0.25) is 9.69 Å². The first-order valence-electron chi connectivity index (χ1n) is 8.33. The Hall–Kier alpha value is -2.07. The maximum atomic E-state index is 11.5. The molecule has 1 aliphatic carbocycles. The van der Waals surface area contributed by atoms with Crippen molar-refractivity contribution in [3.05, 3.63) is 63.6 Å². The van der Waals surface area contributed by atoms with Crippen molar-refractivity contribution in [1.29, 1.82) is 0 Å². The van der Waals surface area contributed by atoms with Crippen LogP contribution in [0.1, 0.15) is 29.7 Å². The van der Waals surface area contributed by atoms with Gasteiger partial charge in [-0.15, -0.1) is 0 Å². The molecule has 1 fully saturated rings. The number of hydrogen-bond acceptors (Lipinski definition) is 3. The SMILES string of the molecule is O=c1cc(CN2CCC3(CC2)Cc2ccccc2C3)[nH]cc1O. The van der Waals surface area contributed by atoms with Crippen LogP contribution in [0, 0.1) is 5.41 Å². The summed E-state index contributed by atoms with van der Waals surface area (Å²) >= 11 is 0. The molecule has 120 valence electrons. The molecule has 2 aromatic rings. The van der Waals surface area contributed by atoms with E-state index in [-0.39, 0.29) is 11.2 Å². The molecule has 4 nitrogen and oxygen atoms in total. The number of nitrogens with zero attached hydrogens (tertiary/aromatic N) is 1. The summed E-state index contributed by atoms with van der Waals surface area (Å²) in [6, 6.07) is 10.3. The van der Waals surface area contributed by atoms with Crippen LogP contribution < -0.4 is 5.43 Å². The van der Waals surface area contributed by atoms with Crippen LogP contribution in [-0.2, 0) is 19.4 Å². The molecule has 23 heavy (non-hydrogen) atoms. The third-order valence-corrected chi connectivity index (χ3v) is 5.51. The number of pyridine rings is 1. The summed E-state index contributed by atoms with van der Waals surface area (Å²) in [7, 11) is 0. The Kier molecular flexibility index (Phi) is 3.49. The number of benzene rings is 1. The highest BCUT2D eigenvalue weighted by Crippen LogP contribution is 2.44. The van der Waals surface area contributed by atoms with Crippen LogP contribution in [0.2, 0.25) is 0 Å². The van der Waals surface area contributed by atoms with Gasteiger partial charge in [0.15, 0.2) is 5.75 Å². The molecule has 4 heteroatoms. The standard InChI is InChI=1S/C19H22N2O2/c22-17-9-16(20-12-18(17)23)13-21-7-5-19(6-8-21)10-14-3-1-2-4-15(14)11-19/h1-4,9,12,23H,5-8,10-11,13H2,(H,20,22). The van der Waals surface area contributed by atoms with E-state index in [1.54, 1.807) is 0 Å². The molecule has 0 radical (unpaired) electrons. The number of piperidine rings is 1. The fraction of sp³-hybridized carbons (Fsp3) is 0.421. The number of aromatic hydroxyl groups is 1. The van der Waals surface area contributed by atoms with Crippen LogP contribution in [0.3, 0.4) is 0 Å². The summed E-state index contributed by atoms with van der Waals surface area (Å²) in [6.45, 7) is 2.88. The van der Waals surface area contributed by atoms with Gasteiger partial charge in [-0.25, -0.2) is 0 Å². The summed E-state index contributed by atoms with van der Waals surface area (Å²) in [5.74, 6) is -0.213. The number of fused-ring (bicyclic) bond motifs is 1. The van der Waals surface area contributed by atoms with Crippen molar-refractivity contribution in [3.8, 4) is 5.75 Å². The summed E-state index contributed by atoms with van der Waals surface area (Å²) in [4.78, 5) is 16.9. The number of H-pyrrole nitrogens is 1. The van der Waals surface area contributed by atoms with Crippen LogP contribution in [0.4, 0.5) is 0 Å². The number of nitrogens with one attached hydrogen (secondary N) is 1. The van der Waals surface area contributed by atoms with E-state index < -0.39 is 0 Å². The Balaban J connectivity index is 1.40. The van der Waals surface area contributed by atoms with Crippen molar-refractivity contribution in [2.45, 2.75) is 32.2 Å². The Morgan fingerprint density at radius 2 is 1.78 bits per heavy atom. The fourth-order valence-electron chi connectivity index (χ4n) is 4.15. The average molecular weight is 310 g/mol. The van der Waals surface area contributed by atoms with E-state index in [4.69, 9.17) is 0 Å².